The van der Waals surface area contributed by atoms with Crippen molar-refractivity contribution in [2.45, 2.75) is 66.3 Å². The first-order chi connectivity index (χ1) is 6.53. The average Bonchev–Trinajstić information content (AvgIpc) is 2.14. The van der Waals surface area contributed by atoms with Crippen LogP contribution in [-0.4, -0.2) is 24.5 Å². The van der Waals surface area contributed by atoms with E-state index in [0.29, 0.717) is 11.5 Å². The normalized spacial score (nSPS) is 18.9. The fourth-order valence-electron chi connectivity index (χ4n) is 1.73. The van der Waals surface area contributed by atoms with E-state index in [4.69, 9.17) is 0 Å². The van der Waals surface area contributed by atoms with Crippen LogP contribution in [0.3, 0.4) is 0 Å². The van der Waals surface area contributed by atoms with Gasteiger partial charge in [-0.15, -0.1) is 0 Å². The van der Waals surface area contributed by atoms with Gasteiger partial charge < -0.3 is 4.90 Å². The van der Waals surface area contributed by atoms with Crippen molar-refractivity contribution in [3.05, 3.63) is 0 Å². The predicted octanol–water partition coefficient (Wildman–Crippen LogP) is 3.93. The van der Waals surface area contributed by atoms with Crippen LogP contribution >= 0.6 is 0 Å². The van der Waals surface area contributed by atoms with Gasteiger partial charge in [0, 0.05) is 6.04 Å². The van der Waals surface area contributed by atoms with Crippen molar-refractivity contribution in [3.8, 4) is 0 Å². The summed E-state index contributed by atoms with van der Waals surface area (Å²) in [7, 11) is 2.23. The van der Waals surface area contributed by atoms with Gasteiger partial charge in [0.15, 0.2) is 0 Å². The van der Waals surface area contributed by atoms with Gasteiger partial charge in [0.1, 0.15) is 0 Å². The maximum atomic E-state index is 2.45. The topological polar surface area (TPSA) is 3.24 Å². The predicted molar refractivity (Wildman–Crippen MR) is 65.7 cm³/mol. The van der Waals surface area contributed by atoms with E-state index in [9.17, 15) is 0 Å². The summed E-state index contributed by atoms with van der Waals surface area (Å²) in [5.74, 6) is 0. The lowest BCUT2D eigenvalue weighted by molar-refractivity contribution is 0.118. The van der Waals surface area contributed by atoms with Gasteiger partial charge in [-0.1, -0.05) is 27.2 Å². The molecule has 1 heteroatoms. The maximum Gasteiger partial charge on any atom is 0.00355 e. The zero-order chi connectivity index (χ0) is 11.2. The molecule has 0 saturated heterocycles. The molecule has 0 aromatic rings. The second kappa shape index (κ2) is 6.44. The number of hydrogen-bond donors (Lipinski definition) is 0. The van der Waals surface area contributed by atoms with Crippen LogP contribution in [0, 0.1) is 5.41 Å². The molecular weight excluding hydrogens is 170 g/mol. The minimum absolute atomic E-state index is 0.698. The SMILES string of the molecule is CC.CC(C)N(C)CCC1(C)CCC1. The smallest absolute Gasteiger partial charge is 0.00355 e. The molecular formula is C13H29N. The molecule has 1 aliphatic rings. The lowest BCUT2D eigenvalue weighted by atomic mass is 9.68. The Morgan fingerprint density at radius 3 is 2.00 bits per heavy atom. The molecule has 0 aromatic carbocycles. The minimum Gasteiger partial charge on any atom is -0.304 e. The summed E-state index contributed by atoms with van der Waals surface area (Å²) in [6.07, 6.45) is 5.77. The second-order valence-corrected chi connectivity index (χ2v) is 4.99. The van der Waals surface area contributed by atoms with Gasteiger partial charge in [0.25, 0.3) is 0 Å². The third kappa shape index (κ3) is 4.45. The summed E-state index contributed by atoms with van der Waals surface area (Å²) >= 11 is 0. The lowest BCUT2D eigenvalue weighted by Crippen LogP contribution is -2.34. The molecule has 0 unspecified atom stereocenters. The standard InChI is InChI=1S/C11H23N.C2H6/c1-10(2)12(4)9-8-11(3)6-5-7-11;1-2/h10H,5-9H2,1-4H3;1-2H3. The molecule has 0 aromatic heterocycles. The zero-order valence-electron chi connectivity index (χ0n) is 11.1. The molecule has 0 spiro atoms. The Hall–Kier alpha value is -0.0400. The van der Waals surface area contributed by atoms with E-state index in [1.807, 2.05) is 13.8 Å². The molecule has 1 aliphatic carbocycles. The molecule has 1 saturated carbocycles. The second-order valence-electron chi connectivity index (χ2n) is 4.99. The van der Waals surface area contributed by atoms with Crippen LogP contribution in [0.1, 0.15) is 60.3 Å². The molecule has 86 valence electrons. The first kappa shape index (κ1) is 14.0. The molecule has 1 rings (SSSR count). The molecule has 1 nitrogen and oxygen atoms in total. The van der Waals surface area contributed by atoms with E-state index >= 15 is 0 Å². The van der Waals surface area contributed by atoms with Crippen LogP contribution in [0.4, 0.5) is 0 Å². The summed E-state index contributed by atoms with van der Waals surface area (Å²) in [4.78, 5) is 2.45. The van der Waals surface area contributed by atoms with Crippen LogP contribution in [0.15, 0.2) is 0 Å². The first-order valence-corrected chi connectivity index (χ1v) is 6.24. The average molecular weight is 199 g/mol. The van der Waals surface area contributed by atoms with Gasteiger partial charge in [-0.05, 0) is 52.1 Å². The van der Waals surface area contributed by atoms with Crippen molar-refractivity contribution in [1.29, 1.82) is 0 Å². The first-order valence-electron chi connectivity index (χ1n) is 6.24. The van der Waals surface area contributed by atoms with E-state index in [0.717, 1.165) is 0 Å². The molecule has 0 heterocycles. The molecule has 0 amide bonds. The van der Waals surface area contributed by atoms with E-state index in [2.05, 4.69) is 32.7 Å². The van der Waals surface area contributed by atoms with Crippen LogP contribution in [0.25, 0.3) is 0 Å². The highest BCUT2D eigenvalue weighted by Crippen LogP contribution is 2.43. The van der Waals surface area contributed by atoms with Gasteiger partial charge in [-0.3, -0.25) is 0 Å². The Kier molecular flexibility index (Phi) is 6.43. The fourth-order valence-corrected chi connectivity index (χ4v) is 1.73. The zero-order valence-corrected chi connectivity index (χ0v) is 11.1. The van der Waals surface area contributed by atoms with E-state index in [1.165, 1.54) is 32.2 Å². The summed E-state index contributed by atoms with van der Waals surface area (Å²) in [6.45, 7) is 12.2. The molecule has 0 N–H and O–H groups in total. The monoisotopic (exact) mass is 199 g/mol. The van der Waals surface area contributed by atoms with Crippen LogP contribution in [0.2, 0.25) is 0 Å². The van der Waals surface area contributed by atoms with Crippen LogP contribution in [-0.2, 0) is 0 Å². The van der Waals surface area contributed by atoms with Gasteiger partial charge in [-0.25, -0.2) is 0 Å². The molecule has 0 bridgehead atoms. The van der Waals surface area contributed by atoms with Gasteiger partial charge in [0.05, 0.1) is 0 Å². The van der Waals surface area contributed by atoms with E-state index < -0.39 is 0 Å². The Balaban J connectivity index is 0.000000791. The number of rotatable bonds is 4. The molecule has 0 aliphatic heterocycles. The highest BCUT2D eigenvalue weighted by molar-refractivity contribution is 4.83. The largest absolute Gasteiger partial charge is 0.304 e. The summed E-state index contributed by atoms with van der Waals surface area (Å²) in [5, 5.41) is 0. The van der Waals surface area contributed by atoms with Crippen molar-refractivity contribution in [3.63, 3.8) is 0 Å². The van der Waals surface area contributed by atoms with Gasteiger partial charge in [-0.2, -0.15) is 0 Å². The number of nitrogens with zero attached hydrogens (tertiary/aromatic N) is 1. The van der Waals surface area contributed by atoms with Crippen molar-refractivity contribution in [2.75, 3.05) is 13.6 Å². The van der Waals surface area contributed by atoms with E-state index in [-0.39, 0.29) is 0 Å². The number of hydrogen-bond acceptors (Lipinski definition) is 1. The van der Waals surface area contributed by atoms with Crippen molar-refractivity contribution < 1.29 is 0 Å². The summed E-state index contributed by atoms with van der Waals surface area (Å²) in [5.41, 5.74) is 0.698. The molecule has 0 atom stereocenters. The highest BCUT2D eigenvalue weighted by atomic mass is 15.1. The van der Waals surface area contributed by atoms with Crippen LogP contribution < -0.4 is 0 Å². The Labute approximate surface area is 90.9 Å². The highest BCUT2D eigenvalue weighted by Gasteiger charge is 2.31. The molecule has 0 radical (unpaired) electrons. The van der Waals surface area contributed by atoms with Crippen molar-refractivity contribution in [2.24, 2.45) is 5.41 Å². The van der Waals surface area contributed by atoms with Crippen molar-refractivity contribution in [1.82, 2.24) is 4.90 Å². The lowest BCUT2D eigenvalue weighted by Gasteiger charge is -2.40. The Bertz CT molecular complexity index is 136. The molecule has 1 fully saturated rings. The van der Waals surface area contributed by atoms with E-state index in [1.54, 1.807) is 0 Å². The van der Waals surface area contributed by atoms with Crippen molar-refractivity contribution >= 4 is 0 Å². The Morgan fingerprint density at radius 2 is 1.71 bits per heavy atom. The van der Waals surface area contributed by atoms with Gasteiger partial charge >= 0.3 is 0 Å². The third-order valence-corrected chi connectivity index (χ3v) is 3.51. The van der Waals surface area contributed by atoms with Gasteiger partial charge in [0.2, 0.25) is 0 Å². The Morgan fingerprint density at radius 1 is 1.21 bits per heavy atom. The fraction of sp³-hybridized carbons (Fsp3) is 1.00. The summed E-state index contributed by atoms with van der Waals surface area (Å²) < 4.78 is 0. The quantitative estimate of drug-likeness (QED) is 0.663. The van der Waals surface area contributed by atoms with Crippen LogP contribution in [0.5, 0.6) is 0 Å². The molecule has 14 heavy (non-hydrogen) atoms. The third-order valence-electron chi connectivity index (χ3n) is 3.51. The maximum absolute atomic E-state index is 2.45. The minimum atomic E-state index is 0.698. The summed E-state index contributed by atoms with van der Waals surface area (Å²) in [6, 6.07) is 0.702.